The second-order valence-corrected chi connectivity index (χ2v) is 9.02. The molecule has 1 atom stereocenters. The van der Waals surface area contributed by atoms with Crippen molar-refractivity contribution in [2.75, 3.05) is 19.0 Å². The summed E-state index contributed by atoms with van der Waals surface area (Å²) in [6.07, 6.45) is 4.02. The molecule has 1 amide bonds. The van der Waals surface area contributed by atoms with Crippen molar-refractivity contribution < 1.29 is 14.3 Å². The summed E-state index contributed by atoms with van der Waals surface area (Å²) < 4.78 is 13.4. The van der Waals surface area contributed by atoms with Crippen LogP contribution in [-0.2, 0) is 18.3 Å². The van der Waals surface area contributed by atoms with Gasteiger partial charge in [0.1, 0.15) is 0 Å². The predicted molar refractivity (Wildman–Crippen MR) is 123 cm³/mol. The van der Waals surface area contributed by atoms with Gasteiger partial charge in [-0.05, 0) is 48.6 Å². The van der Waals surface area contributed by atoms with Crippen LogP contribution in [0.2, 0.25) is 0 Å². The fraction of sp³-hybridized carbons (Fsp3) is 0.375. The van der Waals surface area contributed by atoms with Crippen molar-refractivity contribution >= 4 is 17.7 Å². The maximum absolute atomic E-state index is 12.7. The Bertz CT molecular complexity index is 1130. The van der Waals surface area contributed by atoms with Gasteiger partial charge < -0.3 is 19.4 Å². The van der Waals surface area contributed by atoms with E-state index in [4.69, 9.17) is 9.47 Å². The predicted octanol–water partition coefficient (Wildman–Crippen LogP) is 3.93. The molecular formula is C24H26N4O3S. The Hall–Kier alpha value is -3.00. The minimum atomic E-state index is 0.0110. The van der Waals surface area contributed by atoms with Gasteiger partial charge in [-0.25, -0.2) is 0 Å². The Labute approximate surface area is 191 Å². The standard InChI is InChI=1S/C24H26N4O3S/c1-28-23(17-10-11-20-21(14-17)31-13-5-12-30-20)26-27-24(28)32-15-22(29)25-19-9-4-7-16-6-2-3-8-18(16)19/h2-3,6,8,10-11,14,19H,4-5,7,9,12-13,15H2,1H3,(H,25,29). The summed E-state index contributed by atoms with van der Waals surface area (Å²) in [5, 5.41) is 12.5. The van der Waals surface area contributed by atoms with Gasteiger partial charge in [-0.1, -0.05) is 36.0 Å². The van der Waals surface area contributed by atoms with Crippen LogP contribution in [0.1, 0.15) is 36.4 Å². The van der Waals surface area contributed by atoms with E-state index in [2.05, 4.69) is 33.7 Å². The Morgan fingerprint density at radius 1 is 1.12 bits per heavy atom. The summed E-state index contributed by atoms with van der Waals surface area (Å²) in [4.78, 5) is 12.7. The van der Waals surface area contributed by atoms with Crippen LogP contribution >= 0.6 is 11.8 Å². The first-order chi connectivity index (χ1) is 15.7. The SMILES string of the molecule is Cn1c(SCC(=O)NC2CCCc3ccccc32)nnc1-c1ccc2c(c1)OCCCO2. The third kappa shape index (κ3) is 4.32. The molecule has 2 heterocycles. The van der Waals surface area contributed by atoms with E-state index >= 15 is 0 Å². The van der Waals surface area contributed by atoms with Crippen LogP contribution in [0.3, 0.4) is 0 Å². The van der Waals surface area contributed by atoms with E-state index in [1.807, 2.05) is 35.9 Å². The monoisotopic (exact) mass is 450 g/mol. The highest BCUT2D eigenvalue weighted by Crippen LogP contribution is 2.34. The molecule has 0 radical (unpaired) electrons. The van der Waals surface area contributed by atoms with Crippen molar-refractivity contribution in [2.24, 2.45) is 7.05 Å². The number of nitrogens with one attached hydrogen (secondary N) is 1. The van der Waals surface area contributed by atoms with Gasteiger partial charge >= 0.3 is 0 Å². The van der Waals surface area contributed by atoms with Crippen LogP contribution in [0.15, 0.2) is 47.6 Å². The molecule has 1 aromatic heterocycles. The molecule has 1 aliphatic heterocycles. The fourth-order valence-electron chi connectivity index (χ4n) is 4.26. The maximum Gasteiger partial charge on any atom is 0.230 e. The summed E-state index contributed by atoms with van der Waals surface area (Å²) in [6, 6.07) is 14.3. The highest BCUT2D eigenvalue weighted by molar-refractivity contribution is 7.99. The molecule has 8 heteroatoms. The number of amides is 1. The topological polar surface area (TPSA) is 78.3 Å². The van der Waals surface area contributed by atoms with Crippen molar-refractivity contribution in [3.8, 4) is 22.9 Å². The molecule has 2 aromatic carbocycles. The third-order valence-corrected chi connectivity index (χ3v) is 6.90. The van der Waals surface area contributed by atoms with Gasteiger partial charge in [0.15, 0.2) is 22.5 Å². The second kappa shape index (κ2) is 9.24. The highest BCUT2D eigenvalue weighted by atomic mass is 32.2. The summed E-state index contributed by atoms with van der Waals surface area (Å²) in [7, 11) is 1.91. The number of hydrogen-bond acceptors (Lipinski definition) is 6. The van der Waals surface area contributed by atoms with Gasteiger partial charge in [0.2, 0.25) is 5.91 Å². The molecule has 1 unspecified atom stereocenters. The zero-order valence-electron chi connectivity index (χ0n) is 18.0. The highest BCUT2D eigenvalue weighted by Gasteiger charge is 2.22. The van der Waals surface area contributed by atoms with Crippen molar-refractivity contribution in [2.45, 2.75) is 36.9 Å². The largest absolute Gasteiger partial charge is 0.490 e. The summed E-state index contributed by atoms with van der Waals surface area (Å²) in [5.74, 6) is 2.51. The number of nitrogens with zero attached hydrogens (tertiary/aromatic N) is 3. The first-order valence-corrected chi connectivity index (χ1v) is 12.0. The summed E-state index contributed by atoms with van der Waals surface area (Å²) >= 11 is 1.39. The zero-order chi connectivity index (χ0) is 21.9. The van der Waals surface area contributed by atoms with E-state index in [0.717, 1.165) is 48.6 Å². The quantitative estimate of drug-likeness (QED) is 0.594. The van der Waals surface area contributed by atoms with Crippen LogP contribution in [0, 0.1) is 0 Å². The van der Waals surface area contributed by atoms with Crippen LogP contribution in [0.4, 0.5) is 0 Å². The number of carbonyl (C=O) groups excluding carboxylic acids is 1. The van der Waals surface area contributed by atoms with Crippen molar-refractivity contribution in [1.82, 2.24) is 20.1 Å². The average Bonchev–Trinajstić information content (AvgIpc) is 3.02. The fourth-order valence-corrected chi connectivity index (χ4v) is 4.99. The maximum atomic E-state index is 12.7. The first-order valence-electron chi connectivity index (χ1n) is 11.0. The molecule has 1 aliphatic carbocycles. The van der Waals surface area contributed by atoms with Crippen molar-refractivity contribution in [3.05, 3.63) is 53.6 Å². The van der Waals surface area contributed by atoms with E-state index in [9.17, 15) is 4.79 Å². The number of aromatic nitrogens is 3. The summed E-state index contributed by atoms with van der Waals surface area (Å²) in [5.41, 5.74) is 3.48. The molecular weight excluding hydrogens is 424 g/mol. The second-order valence-electron chi connectivity index (χ2n) is 8.08. The molecule has 3 aromatic rings. The number of ether oxygens (including phenoxy) is 2. The average molecular weight is 451 g/mol. The molecule has 0 saturated carbocycles. The summed E-state index contributed by atoms with van der Waals surface area (Å²) in [6.45, 7) is 1.29. The first kappa shape index (κ1) is 20.9. The van der Waals surface area contributed by atoms with Gasteiger partial charge in [-0.15, -0.1) is 10.2 Å². The number of fused-ring (bicyclic) bond motifs is 2. The van der Waals surface area contributed by atoms with Gasteiger partial charge in [-0.2, -0.15) is 0 Å². The van der Waals surface area contributed by atoms with Crippen LogP contribution in [-0.4, -0.2) is 39.6 Å². The number of aryl methyl sites for hydroxylation is 1. The lowest BCUT2D eigenvalue weighted by molar-refractivity contribution is -0.119. The van der Waals surface area contributed by atoms with E-state index in [1.165, 1.54) is 22.9 Å². The van der Waals surface area contributed by atoms with Gasteiger partial charge in [0.25, 0.3) is 0 Å². The Morgan fingerprint density at radius 2 is 1.97 bits per heavy atom. The molecule has 0 bridgehead atoms. The third-order valence-electron chi connectivity index (χ3n) is 5.88. The molecule has 0 saturated heterocycles. The Morgan fingerprint density at radius 3 is 2.88 bits per heavy atom. The molecule has 5 rings (SSSR count). The lowest BCUT2D eigenvalue weighted by Gasteiger charge is -2.26. The lowest BCUT2D eigenvalue weighted by Crippen LogP contribution is -2.32. The van der Waals surface area contributed by atoms with E-state index in [0.29, 0.717) is 24.1 Å². The molecule has 0 fully saturated rings. The number of hydrogen-bond donors (Lipinski definition) is 1. The molecule has 166 valence electrons. The molecule has 32 heavy (non-hydrogen) atoms. The van der Waals surface area contributed by atoms with Gasteiger partial charge in [-0.3, -0.25) is 4.79 Å². The Kier molecular flexibility index (Phi) is 6.03. The smallest absolute Gasteiger partial charge is 0.230 e. The van der Waals surface area contributed by atoms with Crippen LogP contribution in [0.5, 0.6) is 11.5 Å². The van der Waals surface area contributed by atoms with Crippen LogP contribution in [0.25, 0.3) is 11.4 Å². The number of rotatable bonds is 5. The normalized spacial score (nSPS) is 17.3. The molecule has 1 N–H and O–H groups in total. The lowest BCUT2D eigenvalue weighted by atomic mass is 9.88. The van der Waals surface area contributed by atoms with E-state index < -0.39 is 0 Å². The minimum Gasteiger partial charge on any atom is -0.490 e. The van der Waals surface area contributed by atoms with Crippen molar-refractivity contribution in [1.29, 1.82) is 0 Å². The zero-order valence-corrected chi connectivity index (χ0v) is 18.9. The van der Waals surface area contributed by atoms with E-state index in [1.54, 1.807) is 0 Å². The van der Waals surface area contributed by atoms with Crippen LogP contribution < -0.4 is 14.8 Å². The number of benzene rings is 2. The van der Waals surface area contributed by atoms with E-state index in [-0.39, 0.29) is 11.9 Å². The Balaban J connectivity index is 1.24. The van der Waals surface area contributed by atoms with Gasteiger partial charge in [0, 0.05) is 19.0 Å². The molecule has 2 aliphatic rings. The molecule has 7 nitrogen and oxygen atoms in total. The van der Waals surface area contributed by atoms with Gasteiger partial charge in [0.05, 0.1) is 25.0 Å². The minimum absolute atomic E-state index is 0.0110. The number of carbonyl (C=O) groups is 1. The molecule has 0 spiro atoms. The number of thioether (sulfide) groups is 1. The van der Waals surface area contributed by atoms with Crippen molar-refractivity contribution in [3.63, 3.8) is 0 Å².